The second-order valence-corrected chi connectivity index (χ2v) is 13.4. The first-order chi connectivity index (χ1) is 17.9. The van der Waals surface area contributed by atoms with Crippen molar-refractivity contribution in [3.05, 3.63) is 42.0 Å². The highest BCUT2D eigenvalue weighted by Crippen LogP contribution is 2.50. The monoisotopic (exact) mass is 540 g/mol. The number of hydrogen-bond acceptors (Lipinski definition) is 2. The minimum atomic E-state index is -0.545. The van der Waals surface area contributed by atoms with E-state index in [-0.39, 0.29) is 22.7 Å². The van der Waals surface area contributed by atoms with E-state index in [0.717, 1.165) is 30.5 Å². The molecule has 7 heteroatoms. The lowest BCUT2D eigenvalue weighted by molar-refractivity contribution is -0.126. The molecule has 1 amide bonds. The molecule has 0 fully saturated rings. The number of carbonyl (C=O) groups is 1. The zero-order valence-electron chi connectivity index (χ0n) is 26.6. The predicted octanol–water partition coefficient (Wildman–Crippen LogP) is 6.95. The molecule has 7 nitrogen and oxygen atoms in total. The quantitative estimate of drug-likeness (QED) is 0.143. The van der Waals surface area contributed by atoms with Gasteiger partial charge in [0.25, 0.3) is 0 Å². The number of anilines is 1. The van der Waals surface area contributed by atoms with Crippen molar-refractivity contribution in [2.45, 2.75) is 101 Å². The number of guanidine groups is 2. The Kier molecular flexibility index (Phi) is 12.3. The normalized spacial score (nSPS) is 15.4. The molecule has 0 aromatic heterocycles. The van der Waals surface area contributed by atoms with Crippen molar-refractivity contribution in [3.8, 4) is 0 Å². The van der Waals surface area contributed by atoms with E-state index in [0.29, 0.717) is 17.9 Å². The first kappa shape index (κ1) is 34.2. The molecule has 0 saturated heterocycles. The summed E-state index contributed by atoms with van der Waals surface area (Å²) in [6.07, 6.45) is 10.1. The summed E-state index contributed by atoms with van der Waals surface area (Å²) in [5, 5.41) is 3.12. The Balaban J connectivity index is 2.90. The van der Waals surface area contributed by atoms with Crippen molar-refractivity contribution in [1.82, 2.24) is 4.90 Å². The Morgan fingerprint density at radius 1 is 1.00 bits per heavy atom. The number of nitrogens with zero attached hydrogens (tertiary/aromatic N) is 3. The van der Waals surface area contributed by atoms with Crippen LogP contribution in [0.15, 0.2) is 46.4 Å². The predicted molar refractivity (Wildman–Crippen MR) is 169 cm³/mol. The number of hydrogen-bond donors (Lipinski definition) is 3. The van der Waals surface area contributed by atoms with Gasteiger partial charge in [0.05, 0.1) is 6.54 Å². The Bertz CT molecular complexity index is 1020. The van der Waals surface area contributed by atoms with Gasteiger partial charge in [-0.15, -0.1) is 0 Å². The molecular weight excluding hydrogens is 484 g/mol. The molecule has 220 valence electrons. The maximum absolute atomic E-state index is 13.4. The Hall–Kier alpha value is -2.83. The summed E-state index contributed by atoms with van der Waals surface area (Å²) >= 11 is 0. The molecule has 39 heavy (non-hydrogen) atoms. The molecule has 0 spiro atoms. The average Bonchev–Trinajstić information content (AvgIpc) is 2.82. The van der Waals surface area contributed by atoms with Crippen molar-refractivity contribution in [1.29, 1.82) is 0 Å². The van der Waals surface area contributed by atoms with Crippen molar-refractivity contribution < 1.29 is 4.79 Å². The van der Waals surface area contributed by atoms with Gasteiger partial charge in [-0.1, -0.05) is 93.0 Å². The van der Waals surface area contributed by atoms with Crippen LogP contribution in [-0.4, -0.2) is 36.8 Å². The van der Waals surface area contributed by atoms with Crippen molar-refractivity contribution in [2.75, 3.05) is 19.4 Å². The first-order valence-corrected chi connectivity index (χ1v) is 14.3. The lowest BCUT2D eigenvalue weighted by Gasteiger charge is -2.46. The molecule has 0 radical (unpaired) electrons. The SMILES string of the molecule is CCCC(C)(C)CC=CC(C)(CC)C(C)(C)CC(C)(C)C(=O)Nc1ccc(CN=C(N)N=C(N)N(C)C)cc1. The van der Waals surface area contributed by atoms with Gasteiger partial charge in [0, 0.05) is 25.2 Å². The number of aliphatic imine (C=N–C) groups is 2. The Labute approximate surface area is 238 Å². The molecular formula is C32H56N6O. The van der Waals surface area contributed by atoms with Crippen molar-refractivity contribution >= 4 is 23.5 Å². The number of nitrogens with two attached hydrogens (primary N) is 2. The van der Waals surface area contributed by atoms with E-state index < -0.39 is 5.41 Å². The second kappa shape index (κ2) is 14.0. The topological polar surface area (TPSA) is 109 Å². The van der Waals surface area contributed by atoms with Gasteiger partial charge in [-0.25, -0.2) is 4.99 Å². The van der Waals surface area contributed by atoms with Crippen LogP contribution in [0.25, 0.3) is 0 Å². The van der Waals surface area contributed by atoms with Gasteiger partial charge < -0.3 is 21.7 Å². The molecule has 0 bridgehead atoms. The number of allylic oxidation sites excluding steroid dienone is 2. The summed E-state index contributed by atoms with van der Waals surface area (Å²) in [7, 11) is 3.58. The van der Waals surface area contributed by atoms with Gasteiger partial charge in [-0.2, -0.15) is 4.99 Å². The van der Waals surface area contributed by atoms with Crippen LogP contribution in [0.4, 0.5) is 5.69 Å². The molecule has 5 N–H and O–H groups in total. The van der Waals surface area contributed by atoms with Gasteiger partial charge in [0.2, 0.25) is 11.9 Å². The van der Waals surface area contributed by atoms with Crippen LogP contribution in [-0.2, 0) is 11.3 Å². The molecule has 0 aliphatic heterocycles. The van der Waals surface area contributed by atoms with Gasteiger partial charge >= 0.3 is 0 Å². The average molecular weight is 541 g/mol. The van der Waals surface area contributed by atoms with E-state index in [1.54, 1.807) is 19.0 Å². The third-order valence-corrected chi connectivity index (χ3v) is 8.18. The van der Waals surface area contributed by atoms with Crippen LogP contribution in [0, 0.1) is 21.7 Å². The van der Waals surface area contributed by atoms with Crippen LogP contribution < -0.4 is 16.8 Å². The third-order valence-electron chi connectivity index (χ3n) is 8.18. The van der Waals surface area contributed by atoms with Crippen LogP contribution in [0.3, 0.4) is 0 Å². The number of carbonyl (C=O) groups excluding carboxylic acids is 1. The zero-order valence-corrected chi connectivity index (χ0v) is 26.6. The van der Waals surface area contributed by atoms with Crippen molar-refractivity contribution in [3.63, 3.8) is 0 Å². The van der Waals surface area contributed by atoms with E-state index in [2.05, 4.69) is 75.9 Å². The zero-order chi connectivity index (χ0) is 30.1. The minimum absolute atomic E-state index is 0.0158. The van der Waals surface area contributed by atoms with Crippen molar-refractivity contribution in [2.24, 2.45) is 43.1 Å². The number of amides is 1. The van der Waals surface area contributed by atoms with Gasteiger partial charge in [0.1, 0.15) is 0 Å². The number of rotatable bonds is 13. The lowest BCUT2D eigenvalue weighted by Crippen LogP contribution is -2.41. The molecule has 1 aromatic carbocycles. The highest BCUT2D eigenvalue weighted by atomic mass is 16.2. The summed E-state index contributed by atoms with van der Waals surface area (Å²) < 4.78 is 0. The lowest BCUT2D eigenvalue weighted by atomic mass is 9.59. The van der Waals surface area contributed by atoms with E-state index >= 15 is 0 Å². The second-order valence-electron chi connectivity index (χ2n) is 13.4. The highest BCUT2D eigenvalue weighted by Gasteiger charge is 2.43. The minimum Gasteiger partial charge on any atom is -0.369 e. The smallest absolute Gasteiger partial charge is 0.230 e. The maximum Gasteiger partial charge on any atom is 0.230 e. The van der Waals surface area contributed by atoms with E-state index in [1.807, 2.05) is 38.1 Å². The Morgan fingerprint density at radius 3 is 2.10 bits per heavy atom. The van der Waals surface area contributed by atoms with E-state index in [9.17, 15) is 4.79 Å². The summed E-state index contributed by atoms with van der Waals surface area (Å²) in [4.78, 5) is 23.4. The molecule has 1 unspecified atom stereocenters. The summed E-state index contributed by atoms with van der Waals surface area (Å²) in [5.74, 6) is 0.443. The first-order valence-electron chi connectivity index (χ1n) is 14.3. The summed E-state index contributed by atoms with van der Waals surface area (Å²) in [5.41, 5.74) is 13.0. The molecule has 1 rings (SSSR count). The van der Waals surface area contributed by atoms with Gasteiger partial charge in [0.15, 0.2) is 5.96 Å². The van der Waals surface area contributed by atoms with Crippen LogP contribution >= 0.6 is 0 Å². The molecule has 0 heterocycles. The largest absolute Gasteiger partial charge is 0.369 e. The summed E-state index contributed by atoms with van der Waals surface area (Å²) in [6.45, 7) is 20.6. The molecule has 1 atom stereocenters. The molecule has 0 aliphatic rings. The fraction of sp³-hybridized carbons (Fsp3) is 0.656. The van der Waals surface area contributed by atoms with Gasteiger partial charge in [-0.3, -0.25) is 4.79 Å². The number of benzene rings is 1. The molecule has 0 aliphatic carbocycles. The highest BCUT2D eigenvalue weighted by molar-refractivity contribution is 5.95. The standard InChI is InChI=1S/C32H56N6O/c1-12-19-29(3,4)20-14-21-32(9,13-2)31(7,8)23-30(5,6)26(39)36-25-17-15-24(16-18-25)22-35-27(33)37-28(34)38(10)11/h14-18,21H,12-13,19-20,22-23H2,1-11H3,(H,36,39)(H4,33,34,35,37). The molecule has 0 saturated carbocycles. The van der Waals surface area contributed by atoms with Gasteiger partial charge in [-0.05, 0) is 59.6 Å². The van der Waals surface area contributed by atoms with Crippen LogP contribution in [0.2, 0.25) is 0 Å². The maximum atomic E-state index is 13.4. The number of nitrogens with one attached hydrogen (secondary N) is 1. The fourth-order valence-electron chi connectivity index (χ4n) is 5.04. The van der Waals surface area contributed by atoms with Crippen LogP contribution in [0.1, 0.15) is 100.0 Å². The fourth-order valence-corrected chi connectivity index (χ4v) is 5.04. The Morgan fingerprint density at radius 2 is 1.59 bits per heavy atom. The van der Waals surface area contributed by atoms with E-state index in [4.69, 9.17) is 11.5 Å². The van der Waals surface area contributed by atoms with E-state index in [1.165, 1.54) is 12.8 Å². The molecule has 1 aromatic rings. The third kappa shape index (κ3) is 10.7. The summed E-state index contributed by atoms with van der Waals surface area (Å²) in [6, 6.07) is 7.66. The van der Waals surface area contributed by atoms with Crippen LogP contribution in [0.5, 0.6) is 0 Å².